The van der Waals surface area contributed by atoms with Crippen molar-refractivity contribution in [3.63, 3.8) is 0 Å². The minimum Gasteiger partial charge on any atom is -0.462 e. The van der Waals surface area contributed by atoms with Crippen LogP contribution in [0.5, 0.6) is 0 Å². The van der Waals surface area contributed by atoms with E-state index < -0.39 is 3.23 Å². The number of unbranched alkanes of at least 4 members (excludes halogenated alkanes) is 1. The van der Waals surface area contributed by atoms with E-state index in [1.54, 1.807) is 6.92 Å². The molecule has 0 aliphatic carbocycles. The van der Waals surface area contributed by atoms with E-state index in [1.807, 2.05) is 6.92 Å². The SMILES string of the molecule is C=C(C(=O)OCCCC)C(C)(Br)Br. The summed E-state index contributed by atoms with van der Waals surface area (Å²) in [5, 5.41) is 0. The number of ether oxygens (including phenoxy) is 1. The topological polar surface area (TPSA) is 26.3 Å². The zero-order chi connectivity index (χ0) is 10.5. The number of esters is 1. The van der Waals surface area contributed by atoms with Gasteiger partial charge in [0.15, 0.2) is 0 Å². The minimum absolute atomic E-state index is 0.357. The van der Waals surface area contributed by atoms with Crippen molar-refractivity contribution in [2.45, 2.75) is 29.9 Å². The highest BCUT2D eigenvalue weighted by atomic mass is 79.9. The standard InChI is InChI=1S/C9H14Br2O2/c1-4-5-6-13-8(12)7(2)9(3,10)11/h2,4-6H2,1,3H3. The predicted molar refractivity (Wildman–Crippen MR) is 61.3 cm³/mol. The Morgan fingerprint density at radius 2 is 2.08 bits per heavy atom. The fourth-order valence-electron chi connectivity index (χ4n) is 0.576. The second-order valence-electron chi connectivity index (χ2n) is 2.86. The van der Waals surface area contributed by atoms with Crippen LogP contribution in [0, 0.1) is 0 Å². The van der Waals surface area contributed by atoms with Gasteiger partial charge in [-0.2, -0.15) is 0 Å². The Bertz CT molecular complexity index is 194. The van der Waals surface area contributed by atoms with Crippen LogP contribution in [0.25, 0.3) is 0 Å². The molecule has 0 atom stereocenters. The van der Waals surface area contributed by atoms with Gasteiger partial charge in [-0.05, 0) is 13.3 Å². The molecule has 0 aromatic heterocycles. The van der Waals surface area contributed by atoms with Crippen molar-refractivity contribution in [2.75, 3.05) is 6.61 Å². The summed E-state index contributed by atoms with van der Waals surface area (Å²) in [7, 11) is 0. The summed E-state index contributed by atoms with van der Waals surface area (Å²) in [6.07, 6.45) is 1.90. The van der Waals surface area contributed by atoms with E-state index in [2.05, 4.69) is 38.4 Å². The molecule has 13 heavy (non-hydrogen) atoms. The molecule has 0 saturated heterocycles. The van der Waals surface area contributed by atoms with Gasteiger partial charge in [-0.3, -0.25) is 0 Å². The van der Waals surface area contributed by atoms with E-state index in [0.29, 0.717) is 12.2 Å². The van der Waals surface area contributed by atoms with Gasteiger partial charge in [0.05, 0.1) is 12.2 Å². The molecule has 0 amide bonds. The average molecular weight is 314 g/mol. The van der Waals surface area contributed by atoms with Crippen molar-refractivity contribution in [1.29, 1.82) is 0 Å². The summed E-state index contributed by atoms with van der Waals surface area (Å²) in [6.45, 7) is 7.93. The smallest absolute Gasteiger partial charge is 0.335 e. The van der Waals surface area contributed by atoms with Crippen molar-refractivity contribution in [3.8, 4) is 0 Å². The maximum Gasteiger partial charge on any atom is 0.335 e. The number of hydrogen-bond acceptors (Lipinski definition) is 2. The molecule has 76 valence electrons. The van der Waals surface area contributed by atoms with E-state index >= 15 is 0 Å². The molecule has 4 heteroatoms. The molecule has 0 aliphatic heterocycles. The Balaban J connectivity index is 3.92. The first-order chi connectivity index (χ1) is 5.89. The van der Waals surface area contributed by atoms with Crippen LogP contribution in [0.1, 0.15) is 26.7 Å². The normalized spacial score (nSPS) is 11.1. The molecule has 0 aromatic rings. The van der Waals surface area contributed by atoms with Crippen molar-refractivity contribution >= 4 is 37.8 Å². The molecule has 0 saturated carbocycles. The van der Waals surface area contributed by atoms with Gasteiger partial charge >= 0.3 is 5.97 Å². The minimum atomic E-state index is -0.566. The van der Waals surface area contributed by atoms with Crippen LogP contribution in [0.15, 0.2) is 12.2 Å². The van der Waals surface area contributed by atoms with E-state index in [-0.39, 0.29) is 5.97 Å². The fraction of sp³-hybridized carbons (Fsp3) is 0.667. The summed E-state index contributed by atoms with van der Waals surface area (Å²) in [4.78, 5) is 11.3. The molecular formula is C9H14Br2O2. The molecule has 0 aliphatic rings. The van der Waals surface area contributed by atoms with Gasteiger partial charge in [-0.1, -0.05) is 51.8 Å². The van der Waals surface area contributed by atoms with Gasteiger partial charge in [0.2, 0.25) is 0 Å². The second-order valence-corrected chi connectivity index (χ2v) is 7.09. The Hall–Kier alpha value is 0.170. The Labute approximate surface area is 96.0 Å². The molecule has 0 aromatic carbocycles. The lowest BCUT2D eigenvalue weighted by atomic mass is 10.2. The molecule has 0 N–H and O–H groups in total. The monoisotopic (exact) mass is 312 g/mol. The number of carbonyl (C=O) groups is 1. The quantitative estimate of drug-likeness (QED) is 0.336. The summed E-state index contributed by atoms with van der Waals surface area (Å²) in [5.74, 6) is -0.357. The Morgan fingerprint density at radius 1 is 1.54 bits per heavy atom. The number of hydrogen-bond donors (Lipinski definition) is 0. The molecule has 0 spiro atoms. The van der Waals surface area contributed by atoms with Crippen molar-refractivity contribution in [2.24, 2.45) is 0 Å². The molecule has 0 bridgehead atoms. The van der Waals surface area contributed by atoms with Crippen LogP contribution >= 0.6 is 31.9 Å². The summed E-state index contributed by atoms with van der Waals surface area (Å²) < 4.78 is 4.41. The van der Waals surface area contributed by atoms with Crippen LogP contribution < -0.4 is 0 Å². The predicted octanol–water partition coefficient (Wildman–Crippen LogP) is 3.39. The van der Waals surface area contributed by atoms with E-state index in [4.69, 9.17) is 4.74 Å². The first-order valence-electron chi connectivity index (χ1n) is 4.14. The van der Waals surface area contributed by atoms with Crippen molar-refractivity contribution < 1.29 is 9.53 Å². The van der Waals surface area contributed by atoms with Crippen molar-refractivity contribution in [1.82, 2.24) is 0 Å². The van der Waals surface area contributed by atoms with Gasteiger partial charge in [-0.25, -0.2) is 4.79 Å². The third kappa shape index (κ3) is 5.47. The number of carbonyl (C=O) groups excluding carboxylic acids is 1. The molecular weight excluding hydrogens is 300 g/mol. The van der Waals surface area contributed by atoms with Gasteiger partial charge < -0.3 is 4.74 Å². The number of rotatable bonds is 5. The lowest BCUT2D eigenvalue weighted by Crippen LogP contribution is -2.19. The van der Waals surface area contributed by atoms with E-state index in [0.717, 1.165) is 12.8 Å². The molecule has 0 rings (SSSR count). The first kappa shape index (κ1) is 13.2. The van der Waals surface area contributed by atoms with Crippen molar-refractivity contribution in [3.05, 3.63) is 12.2 Å². The molecule has 0 fully saturated rings. The third-order valence-corrected chi connectivity index (χ3v) is 2.46. The van der Waals surface area contributed by atoms with Crippen LogP contribution in [0.2, 0.25) is 0 Å². The second kappa shape index (κ2) is 5.81. The third-order valence-electron chi connectivity index (χ3n) is 1.51. The molecule has 0 radical (unpaired) electrons. The molecule has 0 heterocycles. The fourth-order valence-corrected chi connectivity index (χ4v) is 0.899. The summed E-state index contributed by atoms with van der Waals surface area (Å²) in [5.41, 5.74) is 0.378. The summed E-state index contributed by atoms with van der Waals surface area (Å²) in [6, 6.07) is 0. The highest BCUT2D eigenvalue weighted by Crippen LogP contribution is 2.33. The Morgan fingerprint density at radius 3 is 2.46 bits per heavy atom. The van der Waals surface area contributed by atoms with Crippen LogP contribution in [-0.4, -0.2) is 15.8 Å². The first-order valence-corrected chi connectivity index (χ1v) is 5.72. The Kier molecular flexibility index (Phi) is 5.88. The lowest BCUT2D eigenvalue weighted by molar-refractivity contribution is -0.139. The van der Waals surface area contributed by atoms with Crippen LogP contribution in [0.4, 0.5) is 0 Å². The van der Waals surface area contributed by atoms with Gasteiger partial charge in [0.25, 0.3) is 0 Å². The van der Waals surface area contributed by atoms with Gasteiger partial charge in [0, 0.05) is 0 Å². The number of alkyl halides is 2. The molecule has 0 unspecified atom stereocenters. The van der Waals surface area contributed by atoms with Crippen LogP contribution in [-0.2, 0) is 9.53 Å². The highest BCUT2D eigenvalue weighted by molar-refractivity contribution is 9.25. The molecule has 2 nitrogen and oxygen atoms in total. The zero-order valence-corrected chi connectivity index (χ0v) is 11.1. The zero-order valence-electron chi connectivity index (χ0n) is 7.90. The van der Waals surface area contributed by atoms with Gasteiger partial charge in [-0.15, -0.1) is 0 Å². The average Bonchev–Trinajstić information content (AvgIpc) is 2.01. The van der Waals surface area contributed by atoms with Gasteiger partial charge in [0.1, 0.15) is 3.23 Å². The van der Waals surface area contributed by atoms with E-state index in [1.165, 1.54) is 0 Å². The maximum absolute atomic E-state index is 11.3. The largest absolute Gasteiger partial charge is 0.462 e. The lowest BCUT2D eigenvalue weighted by Gasteiger charge is -2.15. The maximum atomic E-state index is 11.3. The highest BCUT2D eigenvalue weighted by Gasteiger charge is 2.26. The van der Waals surface area contributed by atoms with E-state index in [9.17, 15) is 4.79 Å². The van der Waals surface area contributed by atoms with Crippen LogP contribution in [0.3, 0.4) is 0 Å². The number of halogens is 2. The summed E-state index contributed by atoms with van der Waals surface area (Å²) >= 11 is 6.54.